The van der Waals surface area contributed by atoms with Crippen LogP contribution in [-0.4, -0.2) is 26.1 Å². The van der Waals surface area contributed by atoms with Crippen LogP contribution in [0.5, 0.6) is 0 Å². The summed E-state index contributed by atoms with van der Waals surface area (Å²) in [5, 5.41) is 9.89. The maximum atomic E-state index is 12.3. The first kappa shape index (κ1) is 14.9. The molecule has 2 aromatic heterocycles. The van der Waals surface area contributed by atoms with Crippen LogP contribution in [-0.2, 0) is 6.42 Å². The van der Waals surface area contributed by atoms with Crippen molar-refractivity contribution in [2.75, 3.05) is 5.32 Å². The molecule has 1 aliphatic carbocycles. The molecule has 0 radical (unpaired) electrons. The van der Waals surface area contributed by atoms with Gasteiger partial charge in [0.1, 0.15) is 5.82 Å². The molecular formula is C18H21N5O. The minimum Gasteiger partial charge on any atom is -0.342 e. The van der Waals surface area contributed by atoms with E-state index < -0.39 is 0 Å². The number of nitrogens with one attached hydrogen (secondary N) is 3. The lowest BCUT2D eigenvalue weighted by Gasteiger charge is -2.22. The van der Waals surface area contributed by atoms with Gasteiger partial charge in [-0.2, -0.15) is 5.10 Å². The lowest BCUT2D eigenvalue weighted by atomic mass is 9.85. The second-order valence-corrected chi connectivity index (χ2v) is 6.46. The van der Waals surface area contributed by atoms with Gasteiger partial charge in [0.25, 0.3) is 5.91 Å². The van der Waals surface area contributed by atoms with Gasteiger partial charge in [-0.1, -0.05) is 19.8 Å². The first-order valence-corrected chi connectivity index (χ1v) is 8.58. The van der Waals surface area contributed by atoms with E-state index in [1.54, 1.807) is 0 Å². The number of rotatable bonds is 5. The smallest absolute Gasteiger partial charge is 0.276 e. The van der Waals surface area contributed by atoms with Crippen molar-refractivity contribution in [3.8, 4) is 0 Å². The maximum absolute atomic E-state index is 12.3. The summed E-state index contributed by atoms with van der Waals surface area (Å²) in [6.07, 6.45) is 5.62. The molecule has 6 nitrogen and oxygen atoms in total. The highest BCUT2D eigenvalue weighted by molar-refractivity contribution is 6.03. The quantitative estimate of drug-likeness (QED) is 0.668. The van der Waals surface area contributed by atoms with Crippen LogP contribution < -0.4 is 5.32 Å². The number of imidazole rings is 1. The van der Waals surface area contributed by atoms with E-state index >= 15 is 0 Å². The van der Waals surface area contributed by atoms with Crippen molar-refractivity contribution in [2.45, 2.75) is 44.9 Å². The molecule has 0 unspecified atom stereocenters. The first-order chi connectivity index (χ1) is 11.7. The van der Waals surface area contributed by atoms with E-state index in [2.05, 4.69) is 32.4 Å². The number of amides is 1. The third-order valence-electron chi connectivity index (χ3n) is 4.63. The summed E-state index contributed by atoms with van der Waals surface area (Å²) in [6, 6.07) is 7.56. The highest BCUT2D eigenvalue weighted by Crippen LogP contribution is 2.35. The fourth-order valence-electron chi connectivity index (χ4n) is 3.05. The Balaban J connectivity index is 1.51. The van der Waals surface area contributed by atoms with Crippen LogP contribution in [0.3, 0.4) is 0 Å². The first-order valence-electron chi connectivity index (χ1n) is 8.58. The average Bonchev–Trinajstić information content (AvgIpc) is 3.12. The number of hydrogen-bond acceptors (Lipinski definition) is 3. The number of hydrogen-bond donors (Lipinski definition) is 3. The van der Waals surface area contributed by atoms with Crippen molar-refractivity contribution in [3.63, 3.8) is 0 Å². The van der Waals surface area contributed by atoms with E-state index in [9.17, 15) is 4.79 Å². The van der Waals surface area contributed by atoms with E-state index in [1.165, 1.54) is 19.3 Å². The Labute approximate surface area is 140 Å². The molecule has 6 heteroatoms. The summed E-state index contributed by atoms with van der Waals surface area (Å²) in [7, 11) is 0. The molecule has 2 heterocycles. The zero-order valence-corrected chi connectivity index (χ0v) is 13.7. The lowest BCUT2D eigenvalue weighted by Crippen LogP contribution is -2.12. The summed E-state index contributed by atoms with van der Waals surface area (Å²) in [6.45, 7) is 2.10. The summed E-state index contributed by atoms with van der Waals surface area (Å²) in [4.78, 5) is 20.4. The van der Waals surface area contributed by atoms with Crippen molar-refractivity contribution in [1.82, 2.24) is 20.2 Å². The molecule has 24 heavy (non-hydrogen) atoms. The summed E-state index contributed by atoms with van der Waals surface area (Å²) in [5.74, 6) is 1.43. The summed E-state index contributed by atoms with van der Waals surface area (Å²) >= 11 is 0. The molecule has 4 rings (SSSR count). The Morgan fingerprint density at radius 3 is 2.96 bits per heavy atom. The molecule has 1 amide bonds. The number of aryl methyl sites for hydroxylation is 1. The van der Waals surface area contributed by atoms with Gasteiger partial charge in [0.15, 0.2) is 5.69 Å². The van der Waals surface area contributed by atoms with Gasteiger partial charge in [-0.25, -0.2) is 4.98 Å². The van der Waals surface area contributed by atoms with E-state index in [0.29, 0.717) is 11.6 Å². The minimum atomic E-state index is -0.202. The molecule has 0 aliphatic heterocycles. The van der Waals surface area contributed by atoms with E-state index in [0.717, 1.165) is 41.1 Å². The molecule has 124 valence electrons. The minimum absolute atomic E-state index is 0.202. The van der Waals surface area contributed by atoms with Crippen LogP contribution in [0.2, 0.25) is 0 Å². The standard InChI is InChI=1S/C18H21N5O/c1-2-4-13-10-16(23-22-13)18(24)19-12-7-8-14-15(9-12)21-17(20-14)11-5-3-6-11/h7-11H,2-6H2,1H3,(H,19,24)(H,20,21)(H,22,23). The molecule has 1 saturated carbocycles. The van der Waals surface area contributed by atoms with Gasteiger partial charge in [0.2, 0.25) is 0 Å². The zero-order chi connectivity index (χ0) is 16.5. The molecule has 0 spiro atoms. The van der Waals surface area contributed by atoms with Gasteiger partial charge in [-0.3, -0.25) is 9.89 Å². The maximum Gasteiger partial charge on any atom is 0.276 e. The van der Waals surface area contributed by atoms with Crippen molar-refractivity contribution < 1.29 is 4.79 Å². The van der Waals surface area contributed by atoms with Gasteiger partial charge in [-0.15, -0.1) is 0 Å². The Morgan fingerprint density at radius 1 is 1.33 bits per heavy atom. The van der Waals surface area contributed by atoms with E-state index in [1.807, 2.05) is 24.3 Å². The molecule has 1 aliphatic rings. The summed E-state index contributed by atoms with van der Waals surface area (Å²) < 4.78 is 0. The predicted octanol–water partition coefficient (Wildman–Crippen LogP) is 3.76. The number of fused-ring (bicyclic) bond motifs is 1. The predicted molar refractivity (Wildman–Crippen MR) is 93.2 cm³/mol. The van der Waals surface area contributed by atoms with Crippen LogP contribution in [0.4, 0.5) is 5.69 Å². The molecule has 0 saturated heterocycles. The average molecular weight is 323 g/mol. The normalized spacial score (nSPS) is 14.7. The number of aromatic amines is 2. The Morgan fingerprint density at radius 2 is 2.21 bits per heavy atom. The number of H-pyrrole nitrogens is 2. The molecule has 1 fully saturated rings. The number of carbonyl (C=O) groups is 1. The monoisotopic (exact) mass is 323 g/mol. The van der Waals surface area contributed by atoms with Crippen LogP contribution >= 0.6 is 0 Å². The van der Waals surface area contributed by atoms with Gasteiger partial charge in [-0.05, 0) is 43.5 Å². The molecule has 1 aromatic carbocycles. The highest BCUT2D eigenvalue weighted by atomic mass is 16.1. The van der Waals surface area contributed by atoms with Crippen molar-refractivity contribution in [3.05, 3.63) is 41.5 Å². The fourth-order valence-corrected chi connectivity index (χ4v) is 3.05. The van der Waals surface area contributed by atoms with Crippen LogP contribution in [0.15, 0.2) is 24.3 Å². The van der Waals surface area contributed by atoms with Crippen LogP contribution in [0.25, 0.3) is 11.0 Å². The number of aromatic nitrogens is 4. The van der Waals surface area contributed by atoms with Gasteiger partial charge < -0.3 is 10.3 Å². The van der Waals surface area contributed by atoms with E-state index in [-0.39, 0.29) is 5.91 Å². The van der Waals surface area contributed by atoms with Gasteiger partial charge >= 0.3 is 0 Å². The highest BCUT2D eigenvalue weighted by Gasteiger charge is 2.22. The van der Waals surface area contributed by atoms with E-state index in [4.69, 9.17) is 0 Å². The van der Waals surface area contributed by atoms with Crippen molar-refractivity contribution in [1.29, 1.82) is 0 Å². The molecule has 3 aromatic rings. The van der Waals surface area contributed by atoms with Crippen LogP contribution in [0, 0.1) is 0 Å². The lowest BCUT2D eigenvalue weighted by molar-refractivity contribution is 0.102. The Hall–Kier alpha value is -2.63. The van der Waals surface area contributed by atoms with Gasteiger partial charge in [0.05, 0.1) is 11.0 Å². The SMILES string of the molecule is CCCc1cc(C(=O)Nc2ccc3nc(C4CCC4)[nH]c3c2)n[nH]1. The largest absolute Gasteiger partial charge is 0.342 e. The van der Waals surface area contributed by atoms with Crippen molar-refractivity contribution >= 4 is 22.6 Å². The fraction of sp³-hybridized carbons (Fsp3) is 0.389. The zero-order valence-electron chi connectivity index (χ0n) is 13.7. The van der Waals surface area contributed by atoms with Gasteiger partial charge in [0, 0.05) is 17.3 Å². The number of anilines is 1. The molecular weight excluding hydrogens is 302 g/mol. The summed E-state index contributed by atoms with van der Waals surface area (Å²) in [5.41, 5.74) is 4.05. The number of benzene rings is 1. The third-order valence-corrected chi connectivity index (χ3v) is 4.63. The van der Waals surface area contributed by atoms with Crippen molar-refractivity contribution in [2.24, 2.45) is 0 Å². The Bertz CT molecular complexity index is 875. The second-order valence-electron chi connectivity index (χ2n) is 6.46. The van der Waals surface area contributed by atoms with Crippen LogP contribution in [0.1, 0.15) is 60.5 Å². The molecule has 3 N–H and O–H groups in total. The Kier molecular flexibility index (Phi) is 3.80. The topological polar surface area (TPSA) is 86.5 Å². The molecule has 0 bridgehead atoms. The third kappa shape index (κ3) is 2.79. The number of nitrogens with zero attached hydrogens (tertiary/aromatic N) is 2. The number of carbonyl (C=O) groups excluding carboxylic acids is 1. The molecule has 0 atom stereocenters. The second kappa shape index (κ2) is 6.11.